The van der Waals surface area contributed by atoms with Gasteiger partial charge in [0, 0.05) is 25.9 Å². The van der Waals surface area contributed by atoms with E-state index in [4.69, 9.17) is 4.74 Å². The predicted octanol–water partition coefficient (Wildman–Crippen LogP) is 1.41. The minimum atomic E-state index is -0.550. The van der Waals surface area contributed by atoms with E-state index < -0.39 is 6.10 Å². The van der Waals surface area contributed by atoms with Crippen LogP contribution in [0.5, 0.6) is 0 Å². The summed E-state index contributed by atoms with van der Waals surface area (Å²) in [6.45, 7) is 1.24. The highest BCUT2D eigenvalue weighted by molar-refractivity contribution is 5.32. The first-order chi connectivity index (χ1) is 9.24. The van der Waals surface area contributed by atoms with Gasteiger partial charge in [0.2, 0.25) is 0 Å². The van der Waals surface area contributed by atoms with Gasteiger partial charge in [-0.3, -0.25) is 4.68 Å². The zero-order valence-corrected chi connectivity index (χ0v) is 11.0. The van der Waals surface area contributed by atoms with Crippen molar-refractivity contribution in [2.45, 2.75) is 12.7 Å². The van der Waals surface area contributed by atoms with E-state index in [-0.39, 0.29) is 0 Å². The highest BCUT2D eigenvalue weighted by atomic mass is 16.5. The van der Waals surface area contributed by atoms with Crippen molar-refractivity contribution in [3.05, 3.63) is 48.2 Å². The van der Waals surface area contributed by atoms with E-state index in [0.717, 1.165) is 11.4 Å². The maximum Gasteiger partial charge on any atom is 0.148 e. The lowest BCUT2D eigenvalue weighted by Gasteiger charge is -2.12. The van der Waals surface area contributed by atoms with Crippen molar-refractivity contribution in [2.75, 3.05) is 18.5 Å². The summed E-state index contributed by atoms with van der Waals surface area (Å²) in [5.74, 6) is 0.754. The molecule has 0 fully saturated rings. The summed E-state index contributed by atoms with van der Waals surface area (Å²) in [5.41, 5.74) is 1.10. The average Bonchev–Trinajstić information content (AvgIpc) is 2.83. The van der Waals surface area contributed by atoms with E-state index in [0.29, 0.717) is 19.8 Å². The van der Waals surface area contributed by atoms with Crippen LogP contribution < -0.4 is 5.32 Å². The van der Waals surface area contributed by atoms with Crippen LogP contribution in [0, 0.1) is 0 Å². The standard InChI is InChI=1S/C14H19N3O2/c1-17-8-7-14(16-17)15-9-13(18)11-19-10-12-5-3-2-4-6-12/h2-8,13,18H,9-11H2,1H3,(H,15,16). The van der Waals surface area contributed by atoms with Crippen molar-refractivity contribution in [1.82, 2.24) is 9.78 Å². The molecule has 0 radical (unpaired) electrons. The van der Waals surface area contributed by atoms with E-state index in [9.17, 15) is 5.11 Å². The summed E-state index contributed by atoms with van der Waals surface area (Å²) in [6, 6.07) is 11.8. The maximum atomic E-state index is 9.77. The molecule has 1 heterocycles. The molecule has 1 unspecified atom stereocenters. The third kappa shape index (κ3) is 4.73. The van der Waals surface area contributed by atoms with Crippen molar-refractivity contribution < 1.29 is 9.84 Å². The molecule has 5 nitrogen and oxygen atoms in total. The number of aliphatic hydroxyl groups is 1. The second kappa shape index (κ2) is 6.92. The molecule has 102 valence electrons. The van der Waals surface area contributed by atoms with Crippen LogP contribution in [0.1, 0.15) is 5.56 Å². The molecule has 0 amide bonds. The first-order valence-electron chi connectivity index (χ1n) is 6.27. The van der Waals surface area contributed by atoms with E-state index in [1.807, 2.05) is 49.6 Å². The zero-order chi connectivity index (χ0) is 13.5. The second-order valence-corrected chi connectivity index (χ2v) is 4.41. The summed E-state index contributed by atoms with van der Waals surface area (Å²) >= 11 is 0. The van der Waals surface area contributed by atoms with Gasteiger partial charge in [0.25, 0.3) is 0 Å². The minimum Gasteiger partial charge on any atom is -0.389 e. The minimum absolute atomic E-state index is 0.300. The van der Waals surface area contributed by atoms with Crippen LogP contribution in [0.2, 0.25) is 0 Å². The third-order valence-corrected chi connectivity index (χ3v) is 2.65. The van der Waals surface area contributed by atoms with Gasteiger partial charge in [0.15, 0.2) is 0 Å². The normalized spacial score (nSPS) is 12.3. The maximum absolute atomic E-state index is 9.77. The molecule has 2 rings (SSSR count). The van der Waals surface area contributed by atoms with Gasteiger partial charge in [-0.25, -0.2) is 0 Å². The van der Waals surface area contributed by atoms with E-state index >= 15 is 0 Å². The predicted molar refractivity (Wildman–Crippen MR) is 73.8 cm³/mol. The van der Waals surface area contributed by atoms with Crippen LogP contribution >= 0.6 is 0 Å². The van der Waals surface area contributed by atoms with Gasteiger partial charge in [-0.05, 0) is 5.56 Å². The molecule has 0 spiro atoms. The van der Waals surface area contributed by atoms with Crippen LogP contribution in [0.4, 0.5) is 5.82 Å². The van der Waals surface area contributed by atoms with Crippen molar-refractivity contribution in [3.8, 4) is 0 Å². The van der Waals surface area contributed by atoms with E-state index in [1.165, 1.54) is 0 Å². The van der Waals surface area contributed by atoms with Crippen LogP contribution in [0.15, 0.2) is 42.6 Å². The Balaban J connectivity index is 1.63. The van der Waals surface area contributed by atoms with Crippen molar-refractivity contribution in [1.29, 1.82) is 0 Å². The van der Waals surface area contributed by atoms with Gasteiger partial charge in [-0.2, -0.15) is 5.10 Å². The number of hydrogen-bond donors (Lipinski definition) is 2. The van der Waals surface area contributed by atoms with E-state index in [2.05, 4.69) is 10.4 Å². The third-order valence-electron chi connectivity index (χ3n) is 2.65. The molecule has 0 aliphatic heterocycles. The van der Waals surface area contributed by atoms with Crippen molar-refractivity contribution >= 4 is 5.82 Å². The Kier molecular flexibility index (Phi) is 4.94. The highest BCUT2D eigenvalue weighted by Crippen LogP contribution is 2.03. The van der Waals surface area contributed by atoms with Crippen LogP contribution in [-0.2, 0) is 18.4 Å². The van der Waals surface area contributed by atoms with Crippen LogP contribution in [0.25, 0.3) is 0 Å². The lowest BCUT2D eigenvalue weighted by molar-refractivity contribution is 0.0348. The topological polar surface area (TPSA) is 59.3 Å². The van der Waals surface area contributed by atoms with Crippen molar-refractivity contribution in [3.63, 3.8) is 0 Å². The molecular formula is C14H19N3O2. The number of anilines is 1. The molecule has 5 heteroatoms. The molecule has 2 N–H and O–H groups in total. The molecule has 0 bridgehead atoms. The Morgan fingerprint density at radius 3 is 2.79 bits per heavy atom. The smallest absolute Gasteiger partial charge is 0.148 e. The Morgan fingerprint density at radius 2 is 2.11 bits per heavy atom. The van der Waals surface area contributed by atoms with Gasteiger partial charge >= 0.3 is 0 Å². The molecule has 1 aromatic carbocycles. The lowest BCUT2D eigenvalue weighted by atomic mass is 10.2. The number of aliphatic hydroxyl groups excluding tert-OH is 1. The monoisotopic (exact) mass is 261 g/mol. The average molecular weight is 261 g/mol. The number of benzene rings is 1. The fraction of sp³-hybridized carbons (Fsp3) is 0.357. The number of rotatable bonds is 7. The highest BCUT2D eigenvalue weighted by Gasteiger charge is 2.05. The number of nitrogens with one attached hydrogen (secondary N) is 1. The molecule has 0 saturated heterocycles. The van der Waals surface area contributed by atoms with Crippen molar-refractivity contribution in [2.24, 2.45) is 7.05 Å². The molecule has 1 aromatic heterocycles. The molecule has 19 heavy (non-hydrogen) atoms. The van der Waals surface area contributed by atoms with Gasteiger partial charge in [-0.1, -0.05) is 30.3 Å². The summed E-state index contributed by atoms with van der Waals surface area (Å²) in [5, 5.41) is 17.0. The Hall–Kier alpha value is -1.85. The number of ether oxygens (including phenoxy) is 1. The fourth-order valence-corrected chi connectivity index (χ4v) is 1.68. The van der Waals surface area contributed by atoms with Gasteiger partial charge in [-0.15, -0.1) is 0 Å². The number of aryl methyl sites for hydroxylation is 1. The molecule has 0 aliphatic rings. The Labute approximate surface area is 112 Å². The number of nitrogens with zero attached hydrogens (tertiary/aromatic N) is 2. The molecular weight excluding hydrogens is 242 g/mol. The Morgan fingerprint density at radius 1 is 1.32 bits per heavy atom. The number of aromatic nitrogens is 2. The second-order valence-electron chi connectivity index (χ2n) is 4.41. The first kappa shape index (κ1) is 13.6. The van der Waals surface area contributed by atoms with Crippen LogP contribution in [-0.4, -0.2) is 34.1 Å². The summed E-state index contributed by atoms with van der Waals surface area (Å²) in [4.78, 5) is 0. The Bertz CT molecular complexity index is 484. The summed E-state index contributed by atoms with van der Waals surface area (Å²) in [6.07, 6.45) is 1.30. The molecule has 0 saturated carbocycles. The first-order valence-corrected chi connectivity index (χ1v) is 6.27. The zero-order valence-electron chi connectivity index (χ0n) is 11.0. The molecule has 0 aliphatic carbocycles. The fourth-order valence-electron chi connectivity index (χ4n) is 1.68. The summed E-state index contributed by atoms with van der Waals surface area (Å²) in [7, 11) is 1.85. The summed E-state index contributed by atoms with van der Waals surface area (Å²) < 4.78 is 7.17. The van der Waals surface area contributed by atoms with Gasteiger partial charge in [0.05, 0.1) is 19.3 Å². The molecule has 2 aromatic rings. The van der Waals surface area contributed by atoms with E-state index in [1.54, 1.807) is 4.68 Å². The van der Waals surface area contributed by atoms with Crippen LogP contribution in [0.3, 0.4) is 0 Å². The quantitative estimate of drug-likeness (QED) is 0.791. The van der Waals surface area contributed by atoms with Gasteiger partial charge < -0.3 is 15.2 Å². The SMILES string of the molecule is Cn1ccc(NCC(O)COCc2ccccc2)n1. The largest absolute Gasteiger partial charge is 0.389 e. The molecule has 1 atom stereocenters. The van der Waals surface area contributed by atoms with Gasteiger partial charge in [0.1, 0.15) is 5.82 Å². The lowest BCUT2D eigenvalue weighted by Crippen LogP contribution is -2.25. The number of hydrogen-bond acceptors (Lipinski definition) is 4.